The summed E-state index contributed by atoms with van der Waals surface area (Å²) in [6, 6.07) is 0. The predicted molar refractivity (Wildman–Crippen MR) is 26.0 cm³/mol. The maximum atomic E-state index is 8.38. The Hall–Kier alpha value is -0.100. The van der Waals surface area contributed by atoms with Gasteiger partial charge in [-0.2, -0.15) is 4.57 Å². The summed E-state index contributed by atoms with van der Waals surface area (Å²) in [5.41, 5.74) is 0. The number of hydrogen-bond donors (Lipinski definition) is 1. The normalized spacial score (nSPS) is 8.56. The lowest BCUT2D eigenvalue weighted by Crippen LogP contribution is -3.00. The zero-order chi connectivity index (χ0) is 5.82. The molecule has 0 unspecified atom stereocenters. The molecule has 9 heavy (non-hydrogen) atoms. The van der Waals surface area contributed by atoms with Crippen LogP contribution in [0.1, 0.15) is 0 Å². The highest BCUT2D eigenvalue weighted by atomic mass is 127. The highest BCUT2D eigenvalue weighted by Crippen LogP contribution is 1.73. The molecule has 0 saturated carbocycles. The van der Waals surface area contributed by atoms with Crippen LogP contribution in [0.3, 0.4) is 0 Å². The smallest absolute Gasteiger partial charge is 0.334 e. The van der Waals surface area contributed by atoms with Crippen LogP contribution in [0.5, 0.6) is 0 Å². The van der Waals surface area contributed by atoms with E-state index in [1.807, 2.05) is 0 Å². The van der Waals surface area contributed by atoms with Crippen LogP contribution in [-0.2, 0) is 6.54 Å². The van der Waals surface area contributed by atoms with Crippen molar-refractivity contribution in [3.63, 3.8) is 0 Å². The molecule has 1 N–H and O–H groups in total. The number of halogens is 1. The standard InChI is InChI=1S/C5H8NO2.HI/c7-3-1-6-2-4-8-5-6;/h2,4-5,7H,1,3H2;1H/q+1;/p-1. The number of hydrogen-bond acceptors (Lipinski definition) is 2. The zero-order valence-electron chi connectivity index (χ0n) is 4.83. The van der Waals surface area contributed by atoms with Crippen LogP contribution >= 0.6 is 0 Å². The minimum absolute atomic E-state index is 0. The summed E-state index contributed by atoms with van der Waals surface area (Å²) in [6.07, 6.45) is 4.88. The zero-order valence-corrected chi connectivity index (χ0v) is 6.98. The van der Waals surface area contributed by atoms with Crippen LogP contribution in [0.2, 0.25) is 0 Å². The summed E-state index contributed by atoms with van der Waals surface area (Å²) >= 11 is 0. The Morgan fingerprint density at radius 2 is 2.33 bits per heavy atom. The lowest BCUT2D eigenvalue weighted by atomic mass is 10.7. The van der Waals surface area contributed by atoms with Crippen LogP contribution in [0.15, 0.2) is 23.3 Å². The summed E-state index contributed by atoms with van der Waals surface area (Å²) in [5.74, 6) is 0. The van der Waals surface area contributed by atoms with Crippen LogP contribution in [0.25, 0.3) is 0 Å². The van der Waals surface area contributed by atoms with Crippen molar-refractivity contribution in [3.05, 3.63) is 18.9 Å². The molecule has 0 aromatic carbocycles. The van der Waals surface area contributed by atoms with E-state index in [0.29, 0.717) is 6.54 Å². The van der Waals surface area contributed by atoms with Crippen LogP contribution in [0, 0.1) is 0 Å². The van der Waals surface area contributed by atoms with Gasteiger partial charge in [-0.05, 0) is 0 Å². The van der Waals surface area contributed by atoms with E-state index in [-0.39, 0.29) is 30.6 Å². The molecule has 52 valence electrons. The highest BCUT2D eigenvalue weighted by molar-refractivity contribution is 4.46. The summed E-state index contributed by atoms with van der Waals surface area (Å²) in [4.78, 5) is 0. The molecule has 0 aliphatic carbocycles. The molecule has 0 spiro atoms. The van der Waals surface area contributed by atoms with E-state index >= 15 is 0 Å². The maximum Gasteiger partial charge on any atom is 0.334 e. The molecular formula is C5H8INO2. The van der Waals surface area contributed by atoms with Crippen molar-refractivity contribution in [1.82, 2.24) is 0 Å². The number of aliphatic hydroxyl groups is 1. The first-order valence-electron chi connectivity index (χ1n) is 2.45. The second-order valence-electron chi connectivity index (χ2n) is 1.49. The van der Waals surface area contributed by atoms with Crippen molar-refractivity contribution >= 4 is 0 Å². The van der Waals surface area contributed by atoms with Gasteiger partial charge in [0.2, 0.25) is 6.20 Å². The Bertz CT molecular complexity index is 141. The summed E-state index contributed by atoms with van der Waals surface area (Å²) in [6.45, 7) is 0.765. The molecule has 3 nitrogen and oxygen atoms in total. The maximum absolute atomic E-state index is 8.38. The van der Waals surface area contributed by atoms with E-state index in [4.69, 9.17) is 9.52 Å². The molecule has 4 heteroatoms. The molecule has 0 fully saturated rings. The van der Waals surface area contributed by atoms with Gasteiger partial charge >= 0.3 is 6.39 Å². The van der Waals surface area contributed by atoms with Gasteiger partial charge in [0.25, 0.3) is 0 Å². The van der Waals surface area contributed by atoms with E-state index in [2.05, 4.69) is 0 Å². The van der Waals surface area contributed by atoms with E-state index in [1.165, 1.54) is 0 Å². The highest BCUT2D eigenvalue weighted by Gasteiger charge is 1.95. The first-order valence-corrected chi connectivity index (χ1v) is 2.45. The van der Waals surface area contributed by atoms with Crippen molar-refractivity contribution < 1.29 is 38.1 Å². The topological polar surface area (TPSA) is 37.2 Å². The predicted octanol–water partition coefficient (Wildman–Crippen LogP) is -3.44. The van der Waals surface area contributed by atoms with E-state index in [9.17, 15) is 0 Å². The second kappa shape index (κ2) is 4.75. The van der Waals surface area contributed by atoms with Gasteiger partial charge in [-0.15, -0.1) is 0 Å². The Morgan fingerprint density at radius 1 is 1.56 bits per heavy atom. The number of aromatic nitrogens is 1. The fourth-order valence-corrected chi connectivity index (χ4v) is 0.504. The largest absolute Gasteiger partial charge is 1.00 e. The molecule has 0 radical (unpaired) electrons. The molecule has 0 aliphatic rings. The molecule has 0 atom stereocenters. The summed E-state index contributed by atoms with van der Waals surface area (Å²) < 4.78 is 6.48. The fourth-order valence-electron chi connectivity index (χ4n) is 0.504. The SMILES string of the molecule is OCC[n+]1ccoc1.[I-]. The van der Waals surface area contributed by atoms with E-state index < -0.39 is 0 Å². The fraction of sp³-hybridized carbons (Fsp3) is 0.400. The Labute approximate surface area is 70.3 Å². The van der Waals surface area contributed by atoms with Gasteiger partial charge in [-0.1, -0.05) is 0 Å². The van der Waals surface area contributed by atoms with Crippen molar-refractivity contribution in [3.8, 4) is 0 Å². The number of aliphatic hydroxyl groups excluding tert-OH is 1. The van der Waals surface area contributed by atoms with Gasteiger partial charge < -0.3 is 33.5 Å². The molecule has 1 aromatic heterocycles. The van der Waals surface area contributed by atoms with Gasteiger partial charge in [-0.3, -0.25) is 0 Å². The Balaban J connectivity index is 0.000000640. The van der Waals surface area contributed by atoms with E-state index in [1.54, 1.807) is 23.4 Å². The second-order valence-corrected chi connectivity index (χ2v) is 1.49. The molecule has 1 aromatic rings. The third-order valence-electron chi connectivity index (χ3n) is 0.885. The average molecular weight is 241 g/mol. The molecule has 0 amide bonds. The van der Waals surface area contributed by atoms with Gasteiger partial charge in [0, 0.05) is 0 Å². The third-order valence-corrected chi connectivity index (χ3v) is 0.885. The number of oxazole rings is 1. The number of rotatable bonds is 2. The van der Waals surface area contributed by atoms with Crippen LogP contribution in [0.4, 0.5) is 0 Å². The molecule has 1 heterocycles. The van der Waals surface area contributed by atoms with Gasteiger partial charge in [0.15, 0.2) is 12.8 Å². The lowest BCUT2D eigenvalue weighted by Gasteiger charge is -1.80. The van der Waals surface area contributed by atoms with Crippen LogP contribution in [-0.4, -0.2) is 11.7 Å². The molecular weight excluding hydrogens is 233 g/mol. The van der Waals surface area contributed by atoms with Crippen molar-refractivity contribution in [2.45, 2.75) is 6.54 Å². The molecule has 0 saturated heterocycles. The van der Waals surface area contributed by atoms with Gasteiger partial charge in [0.05, 0.1) is 0 Å². The van der Waals surface area contributed by atoms with Gasteiger partial charge in [-0.25, -0.2) is 0 Å². The van der Waals surface area contributed by atoms with Crippen molar-refractivity contribution in [2.75, 3.05) is 6.61 Å². The van der Waals surface area contributed by atoms with E-state index in [0.717, 1.165) is 0 Å². The monoisotopic (exact) mass is 241 g/mol. The number of nitrogens with zero attached hydrogens (tertiary/aromatic N) is 1. The molecule has 0 bridgehead atoms. The lowest BCUT2D eigenvalue weighted by molar-refractivity contribution is -0.700. The van der Waals surface area contributed by atoms with Crippen LogP contribution < -0.4 is 28.5 Å². The summed E-state index contributed by atoms with van der Waals surface area (Å²) in [5, 5.41) is 8.38. The Kier molecular flexibility index (Phi) is 4.70. The first kappa shape index (κ1) is 8.90. The molecule has 1 rings (SSSR count). The van der Waals surface area contributed by atoms with Crippen molar-refractivity contribution in [1.29, 1.82) is 0 Å². The summed E-state index contributed by atoms with van der Waals surface area (Å²) in [7, 11) is 0. The minimum atomic E-state index is 0. The third kappa shape index (κ3) is 2.81. The molecule has 0 aliphatic heterocycles. The Morgan fingerprint density at radius 3 is 2.78 bits per heavy atom. The van der Waals surface area contributed by atoms with Crippen molar-refractivity contribution in [2.24, 2.45) is 0 Å². The quantitative estimate of drug-likeness (QED) is 0.432. The average Bonchev–Trinajstić information content (AvgIpc) is 2.19. The minimum Gasteiger partial charge on any atom is -1.00 e. The van der Waals surface area contributed by atoms with Gasteiger partial charge in [0.1, 0.15) is 6.61 Å². The first-order chi connectivity index (χ1) is 3.93.